The van der Waals surface area contributed by atoms with Crippen LogP contribution in [0.25, 0.3) is 11.4 Å². The van der Waals surface area contributed by atoms with Crippen molar-refractivity contribution in [3.63, 3.8) is 0 Å². The van der Waals surface area contributed by atoms with Gasteiger partial charge in [0.05, 0.1) is 6.54 Å². The Kier molecular flexibility index (Phi) is 5.24. The van der Waals surface area contributed by atoms with Gasteiger partial charge in [0.1, 0.15) is 5.69 Å². The van der Waals surface area contributed by atoms with Crippen molar-refractivity contribution in [2.45, 2.75) is 39.2 Å². The Morgan fingerprint density at radius 2 is 2.00 bits per heavy atom. The van der Waals surface area contributed by atoms with Crippen molar-refractivity contribution in [3.05, 3.63) is 23.5 Å². The minimum absolute atomic E-state index is 0.113. The summed E-state index contributed by atoms with van der Waals surface area (Å²) in [5.74, 6) is 0.524. The first-order chi connectivity index (χ1) is 12.5. The van der Waals surface area contributed by atoms with Crippen LogP contribution in [0.2, 0.25) is 0 Å². The van der Waals surface area contributed by atoms with Crippen LogP contribution in [-0.2, 0) is 11.3 Å². The van der Waals surface area contributed by atoms with Crippen LogP contribution in [0.5, 0.6) is 0 Å². The van der Waals surface area contributed by atoms with Crippen LogP contribution in [0.4, 0.5) is 0 Å². The minimum atomic E-state index is -0.588. The largest absolute Gasteiger partial charge is 0.364 e. The van der Waals surface area contributed by atoms with E-state index in [1.54, 1.807) is 30.9 Å². The van der Waals surface area contributed by atoms with Gasteiger partial charge in [-0.1, -0.05) is 0 Å². The molecule has 1 aliphatic rings. The molecule has 1 fully saturated rings. The average molecular weight is 357 g/mol. The monoisotopic (exact) mass is 357 g/mol. The zero-order valence-corrected chi connectivity index (χ0v) is 15.0. The molecule has 9 nitrogen and oxygen atoms in total. The predicted octanol–water partition coefficient (Wildman–Crippen LogP) is 0.695. The number of pyridine rings is 1. The van der Waals surface area contributed by atoms with Gasteiger partial charge in [-0.2, -0.15) is 4.80 Å². The van der Waals surface area contributed by atoms with Gasteiger partial charge in [0.2, 0.25) is 11.7 Å². The van der Waals surface area contributed by atoms with Gasteiger partial charge >= 0.3 is 0 Å². The highest BCUT2D eigenvalue weighted by molar-refractivity contribution is 5.91. The third kappa shape index (κ3) is 4.04. The average Bonchev–Trinajstić information content (AvgIpc) is 3.09. The Labute approximate surface area is 151 Å². The SMILES string of the molecule is CNC(=O)[C@H]1CC[C@H](Cn2nnc(-c3cc(C)nc(C(N)=O)c3)n2)CC1. The summed E-state index contributed by atoms with van der Waals surface area (Å²) >= 11 is 0. The molecule has 2 aromatic heterocycles. The van der Waals surface area contributed by atoms with E-state index in [2.05, 4.69) is 25.7 Å². The summed E-state index contributed by atoms with van der Waals surface area (Å²) in [4.78, 5) is 28.8. The van der Waals surface area contributed by atoms with Gasteiger partial charge in [-0.3, -0.25) is 9.59 Å². The predicted molar refractivity (Wildman–Crippen MR) is 93.8 cm³/mol. The van der Waals surface area contributed by atoms with Crippen LogP contribution in [0.3, 0.4) is 0 Å². The lowest BCUT2D eigenvalue weighted by Gasteiger charge is -2.26. The number of tetrazole rings is 1. The summed E-state index contributed by atoms with van der Waals surface area (Å²) in [7, 11) is 1.68. The van der Waals surface area contributed by atoms with E-state index in [0.29, 0.717) is 29.5 Å². The maximum Gasteiger partial charge on any atom is 0.267 e. The number of amides is 2. The van der Waals surface area contributed by atoms with Gasteiger partial charge in [-0.25, -0.2) is 4.98 Å². The highest BCUT2D eigenvalue weighted by atomic mass is 16.2. The second-order valence-electron chi connectivity index (χ2n) is 6.75. The third-order valence-corrected chi connectivity index (χ3v) is 4.80. The molecule has 1 saturated carbocycles. The number of hydrogen-bond acceptors (Lipinski definition) is 6. The summed E-state index contributed by atoms with van der Waals surface area (Å²) in [5.41, 5.74) is 6.83. The van der Waals surface area contributed by atoms with Crippen molar-refractivity contribution in [3.8, 4) is 11.4 Å². The van der Waals surface area contributed by atoms with Gasteiger partial charge in [0.15, 0.2) is 0 Å². The van der Waals surface area contributed by atoms with E-state index in [1.165, 1.54) is 0 Å². The Hall–Kier alpha value is -2.84. The highest BCUT2D eigenvalue weighted by Crippen LogP contribution is 2.29. The van der Waals surface area contributed by atoms with Crippen LogP contribution in [0.1, 0.15) is 41.9 Å². The van der Waals surface area contributed by atoms with E-state index >= 15 is 0 Å². The number of primary amides is 1. The number of aromatic nitrogens is 5. The van der Waals surface area contributed by atoms with Crippen molar-refractivity contribution in [1.29, 1.82) is 0 Å². The summed E-state index contributed by atoms with van der Waals surface area (Å²) in [6, 6.07) is 3.37. The molecule has 0 aliphatic heterocycles. The molecule has 0 bridgehead atoms. The molecule has 2 amide bonds. The molecule has 138 valence electrons. The van der Waals surface area contributed by atoms with E-state index in [1.807, 2.05) is 0 Å². The van der Waals surface area contributed by atoms with Gasteiger partial charge in [0.25, 0.3) is 5.91 Å². The molecule has 2 heterocycles. The molecule has 0 atom stereocenters. The summed E-state index contributed by atoms with van der Waals surface area (Å²) < 4.78 is 0. The van der Waals surface area contributed by atoms with E-state index in [4.69, 9.17) is 5.73 Å². The van der Waals surface area contributed by atoms with E-state index < -0.39 is 5.91 Å². The molecule has 9 heteroatoms. The van der Waals surface area contributed by atoms with Crippen LogP contribution >= 0.6 is 0 Å². The first-order valence-electron chi connectivity index (χ1n) is 8.74. The van der Waals surface area contributed by atoms with Gasteiger partial charge < -0.3 is 11.1 Å². The van der Waals surface area contributed by atoms with Crippen LogP contribution in [-0.4, -0.2) is 44.1 Å². The molecule has 26 heavy (non-hydrogen) atoms. The summed E-state index contributed by atoms with van der Waals surface area (Å²) in [6.45, 7) is 2.45. The van der Waals surface area contributed by atoms with E-state index in [-0.39, 0.29) is 17.5 Å². The fourth-order valence-electron chi connectivity index (χ4n) is 3.40. The molecule has 3 N–H and O–H groups in total. The van der Waals surface area contributed by atoms with Gasteiger partial charge in [0, 0.05) is 24.2 Å². The molecule has 0 unspecified atom stereocenters. The molecule has 0 radical (unpaired) electrons. The lowest BCUT2D eigenvalue weighted by molar-refractivity contribution is -0.125. The fourth-order valence-corrected chi connectivity index (χ4v) is 3.40. The molecule has 0 spiro atoms. The summed E-state index contributed by atoms with van der Waals surface area (Å²) in [5, 5.41) is 15.4. The third-order valence-electron chi connectivity index (χ3n) is 4.80. The number of nitrogens with zero attached hydrogens (tertiary/aromatic N) is 5. The second kappa shape index (κ2) is 7.59. The first-order valence-corrected chi connectivity index (χ1v) is 8.74. The zero-order valence-electron chi connectivity index (χ0n) is 15.0. The first kappa shape index (κ1) is 18.0. The summed E-state index contributed by atoms with van der Waals surface area (Å²) in [6.07, 6.45) is 3.71. The maximum absolute atomic E-state index is 11.7. The zero-order chi connectivity index (χ0) is 18.7. The minimum Gasteiger partial charge on any atom is -0.364 e. The van der Waals surface area contributed by atoms with Crippen molar-refractivity contribution < 1.29 is 9.59 Å². The second-order valence-corrected chi connectivity index (χ2v) is 6.75. The smallest absolute Gasteiger partial charge is 0.267 e. The molecule has 0 saturated heterocycles. The number of carbonyl (C=O) groups is 2. The molecule has 3 rings (SSSR count). The van der Waals surface area contributed by atoms with Crippen LogP contribution in [0, 0.1) is 18.8 Å². The Bertz CT molecular complexity index is 809. The molecular weight excluding hydrogens is 334 g/mol. The van der Waals surface area contributed by atoms with Crippen LogP contribution < -0.4 is 11.1 Å². The lowest BCUT2D eigenvalue weighted by Crippen LogP contribution is -2.31. The number of carbonyl (C=O) groups excluding carboxylic acids is 2. The topological polar surface area (TPSA) is 129 Å². The molecule has 1 aliphatic carbocycles. The van der Waals surface area contributed by atoms with Crippen molar-refractivity contribution >= 4 is 11.8 Å². The maximum atomic E-state index is 11.7. The van der Waals surface area contributed by atoms with E-state index in [9.17, 15) is 9.59 Å². The van der Waals surface area contributed by atoms with E-state index in [0.717, 1.165) is 25.7 Å². The van der Waals surface area contributed by atoms with Crippen molar-refractivity contribution in [1.82, 2.24) is 30.5 Å². The molecule has 0 aromatic carbocycles. The molecule has 2 aromatic rings. The number of hydrogen-bond donors (Lipinski definition) is 2. The number of aryl methyl sites for hydroxylation is 1. The van der Waals surface area contributed by atoms with Crippen molar-refractivity contribution in [2.75, 3.05) is 7.05 Å². The number of rotatable bonds is 5. The Balaban J connectivity index is 1.66. The lowest BCUT2D eigenvalue weighted by atomic mass is 9.81. The van der Waals surface area contributed by atoms with Crippen molar-refractivity contribution in [2.24, 2.45) is 17.6 Å². The van der Waals surface area contributed by atoms with Gasteiger partial charge in [-0.05, 0) is 55.9 Å². The quantitative estimate of drug-likeness (QED) is 0.810. The fraction of sp³-hybridized carbons (Fsp3) is 0.529. The Morgan fingerprint density at radius 3 is 2.65 bits per heavy atom. The molecular formula is C17H23N7O2. The normalized spacial score (nSPS) is 19.9. The highest BCUT2D eigenvalue weighted by Gasteiger charge is 2.26. The number of nitrogens with one attached hydrogen (secondary N) is 1. The standard InChI is InChI=1S/C17H23N7O2/c1-10-7-13(8-14(20-10)15(18)25)16-21-23-24(22-16)9-11-3-5-12(6-4-11)17(26)19-2/h7-8,11-12H,3-6,9H2,1-2H3,(H2,18,25)(H,19,26)/t11-,12-. The van der Waals surface area contributed by atoms with Crippen LogP contribution in [0.15, 0.2) is 12.1 Å². The van der Waals surface area contributed by atoms with Gasteiger partial charge in [-0.15, -0.1) is 10.2 Å². The Morgan fingerprint density at radius 1 is 1.27 bits per heavy atom. The number of nitrogens with two attached hydrogens (primary N) is 1.